The van der Waals surface area contributed by atoms with E-state index in [0.717, 1.165) is 0 Å². The zero-order valence-electron chi connectivity index (χ0n) is 6.92. The normalized spacial score (nSPS) is 10.1. The van der Waals surface area contributed by atoms with Crippen LogP contribution in [0.25, 0.3) is 0 Å². The fraction of sp³-hybridized carbons (Fsp3) is 0.250. The van der Waals surface area contributed by atoms with E-state index in [1.165, 1.54) is 0 Å². The van der Waals surface area contributed by atoms with Crippen LogP contribution in [0.1, 0.15) is 17.7 Å². The lowest BCUT2D eigenvalue weighted by Crippen LogP contribution is -2.11. The molecule has 0 unspecified atom stereocenters. The monoisotopic (exact) mass is 200 g/mol. The summed E-state index contributed by atoms with van der Waals surface area (Å²) >= 11 is 0. The molecule has 0 radical (unpaired) electrons. The Labute approximate surface area is 77.4 Å². The minimum absolute atomic E-state index is 0.162. The van der Waals surface area contributed by atoms with Crippen molar-refractivity contribution in [3.8, 4) is 11.8 Å². The quantitative estimate of drug-likeness (QED) is 0.749. The second kappa shape index (κ2) is 3.87. The number of rotatable bonds is 2. The van der Waals surface area contributed by atoms with Crippen LogP contribution in [0.3, 0.4) is 0 Å². The third-order valence-corrected chi connectivity index (χ3v) is 1.63. The molecule has 6 heteroatoms. The summed E-state index contributed by atoms with van der Waals surface area (Å²) in [5, 5.41) is 17.2. The van der Waals surface area contributed by atoms with Gasteiger partial charge in [-0.05, 0) is 6.07 Å². The van der Waals surface area contributed by atoms with Gasteiger partial charge in [-0.15, -0.1) is 0 Å². The third-order valence-electron chi connectivity index (χ3n) is 1.63. The van der Waals surface area contributed by atoms with E-state index in [9.17, 15) is 13.6 Å². The Morgan fingerprint density at radius 2 is 2.29 bits per heavy atom. The number of aromatic nitrogens is 1. The number of nitrogens with zero attached hydrogens (tertiary/aromatic N) is 1. The molecule has 0 amide bonds. The maximum absolute atomic E-state index is 12.3. The van der Waals surface area contributed by atoms with Crippen molar-refractivity contribution in [3.05, 3.63) is 27.7 Å². The molecule has 1 aromatic heterocycles. The number of hydrogen-bond acceptors (Lipinski definition) is 3. The molecule has 4 nitrogen and oxygen atoms in total. The molecule has 0 saturated heterocycles. The second-order valence-corrected chi connectivity index (χ2v) is 2.55. The summed E-state index contributed by atoms with van der Waals surface area (Å²) in [6.07, 6.45) is -3.16. The number of aromatic amines is 1. The number of alkyl halides is 2. The van der Waals surface area contributed by atoms with Gasteiger partial charge in [0.15, 0.2) is 5.75 Å². The van der Waals surface area contributed by atoms with Gasteiger partial charge in [-0.1, -0.05) is 0 Å². The summed E-state index contributed by atoms with van der Waals surface area (Å²) in [6, 6.07) is 2.32. The van der Waals surface area contributed by atoms with E-state index < -0.39 is 23.3 Å². The molecule has 1 rings (SSSR count). The summed E-state index contributed by atoms with van der Waals surface area (Å²) in [6.45, 7) is 0. The van der Waals surface area contributed by atoms with Crippen LogP contribution in [0.5, 0.6) is 5.75 Å². The summed E-state index contributed by atoms with van der Waals surface area (Å²) in [7, 11) is 0. The first-order chi connectivity index (χ1) is 6.56. The number of aromatic hydroxyl groups is 1. The smallest absolute Gasteiger partial charge is 0.290 e. The van der Waals surface area contributed by atoms with Gasteiger partial charge in [0.1, 0.15) is 0 Å². The number of halogens is 2. The second-order valence-electron chi connectivity index (χ2n) is 2.55. The molecule has 74 valence electrons. The number of nitriles is 1. The molecule has 0 fully saturated rings. The van der Waals surface area contributed by atoms with Gasteiger partial charge in [-0.3, -0.25) is 4.79 Å². The number of nitrogens with one attached hydrogen (secondary N) is 1. The first-order valence-electron chi connectivity index (χ1n) is 3.66. The molecule has 0 aliphatic rings. The lowest BCUT2D eigenvalue weighted by molar-refractivity contribution is 0.149. The molecule has 14 heavy (non-hydrogen) atoms. The average molecular weight is 200 g/mol. The lowest BCUT2D eigenvalue weighted by Gasteiger charge is -2.05. The van der Waals surface area contributed by atoms with Crippen LogP contribution >= 0.6 is 0 Å². The topological polar surface area (TPSA) is 76.9 Å². The van der Waals surface area contributed by atoms with Gasteiger partial charge in [0, 0.05) is 11.3 Å². The summed E-state index contributed by atoms with van der Waals surface area (Å²) in [4.78, 5) is 12.8. The zero-order valence-corrected chi connectivity index (χ0v) is 6.92. The van der Waals surface area contributed by atoms with E-state index in [1.807, 2.05) is 4.98 Å². The van der Waals surface area contributed by atoms with Crippen LogP contribution in [-0.2, 0) is 6.42 Å². The molecule has 2 N–H and O–H groups in total. The van der Waals surface area contributed by atoms with Crippen molar-refractivity contribution < 1.29 is 13.9 Å². The number of pyridine rings is 1. The molecule has 0 aliphatic carbocycles. The highest BCUT2D eigenvalue weighted by atomic mass is 19.3. The maximum Gasteiger partial charge on any atom is 0.290 e. The summed E-state index contributed by atoms with van der Waals surface area (Å²) in [5.41, 5.74) is -1.56. The van der Waals surface area contributed by atoms with Gasteiger partial charge < -0.3 is 10.1 Å². The Hall–Kier alpha value is -1.90. The Kier molecular flexibility index (Phi) is 2.82. The van der Waals surface area contributed by atoms with E-state index in [-0.39, 0.29) is 12.1 Å². The fourth-order valence-electron chi connectivity index (χ4n) is 0.993. The standard InChI is InChI=1S/C8H6F2N2O2/c9-7(10)4-3-6(13)8(14)12-5(4)1-2-11/h3,7,13H,1H2,(H,12,14). The zero-order chi connectivity index (χ0) is 10.7. The van der Waals surface area contributed by atoms with Crippen LogP contribution in [0, 0.1) is 11.3 Å². The van der Waals surface area contributed by atoms with Crippen molar-refractivity contribution >= 4 is 0 Å². The van der Waals surface area contributed by atoms with Crippen LogP contribution < -0.4 is 5.56 Å². The van der Waals surface area contributed by atoms with Crippen molar-refractivity contribution in [1.82, 2.24) is 4.98 Å². The van der Waals surface area contributed by atoms with Crippen molar-refractivity contribution in [2.75, 3.05) is 0 Å². The molecule has 0 bridgehead atoms. The van der Waals surface area contributed by atoms with E-state index in [0.29, 0.717) is 6.07 Å². The van der Waals surface area contributed by atoms with Crippen molar-refractivity contribution in [2.24, 2.45) is 0 Å². The maximum atomic E-state index is 12.3. The van der Waals surface area contributed by atoms with Gasteiger partial charge in [0.05, 0.1) is 12.5 Å². The van der Waals surface area contributed by atoms with Crippen LogP contribution in [-0.4, -0.2) is 10.1 Å². The Morgan fingerprint density at radius 1 is 1.64 bits per heavy atom. The van der Waals surface area contributed by atoms with E-state index in [2.05, 4.69) is 0 Å². The highest BCUT2D eigenvalue weighted by Gasteiger charge is 2.15. The first-order valence-corrected chi connectivity index (χ1v) is 3.66. The first kappa shape index (κ1) is 10.2. The average Bonchev–Trinajstić information content (AvgIpc) is 2.11. The van der Waals surface area contributed by atoms with Crippen molar-refractivity contribution in [2.45, 2.75) is 12.8 Å². The summed E-state index contributed by atoms with van der Waals surface area (Å²) in [5.74, 6) is -0.776. The van der Waals surface area contributed by atoms with Crippen LogP contribution in [0.2, 0.25) is 0 Å². The van der Waals surface area contributed by atoms with Gasteiger partial charge in [-0.2, -0.15) is 5.26 Å². The van der Waals surface area contributed by atoms with Gasteiger partial charge in [0.25, 0.3) is 12.0 Å². The Bertz CT molecular complexity index is 434. The highest BCUT2D eigenvalue weighted by molar-refractivity contribution is 5.30. The largest absolute Gasteiger partial charge is 0.503 e. The number of hydrogen-bond donors (Lipinski definition) is 2. The van der Waals surface area contributed by atoms with E-state index in [4.69, 9.17) is 10.4 Å². The van der Waals surface area contributed by atoms with Gasteiger partial charge >= 0.3 is 0 Å². The predicted molar refractivity (Wildman–Crippen MR) is 43.0 cm³/mol. The highest BCUT2D eigenvalue weighted by Crippen LogP contribution is 2.23. The number of H-pyrrole nitrogens is 1. The molecule has 0 aliphatic heterocycles. The lowest BCUT2D eigenvalue weighted by atomic mass is 10.1. The van der Waals surface area contributed by atoms with Crippen molar-refractivity contribution in [3.63, 3.8) is 0 Å². The minimum Gasteiger partial charge on any atom is -0.503 e. The van der Waals surface area contributed by atoms with Gasteiger partial charge in [0.2, 0.25) is 0 Å². The summed E-state index contributed by atoms with van der Waals surface area (Å²) < 4.78 is 24.6. The minimum atomic E-state index is -2.83. The van der Waals surface area contributed by atoms with Gasteiger partial charge in [-0.25, -0.2) is 8.78 Å². The van der Waals surface area contributed by atoms with Crippen LogP contribution in [0.4, 0.5) is 8.78 Å². The fourth-order valence-corrected chi connectivity index (χ4v) is 0.993. The molecule has 1 heterocycles. The van der Waals surface area contributed by atoms with E-state index >= 15 is 0 Å². The third kappa shape index (κ3) is 1.88. The van der Waals surface area contributed by atoms with E-state index in [1.54, 1.807) is 6.07 Å². The molecule has 1 aromatic rings. The molecule has 0 atom stereocenters. The van der Waals surface area contributed by atoms with Crippen LogP contribution in [0.15, 0.2) is 10.9 Å². The molecule has 0 spiro atoms. The predicted octanol–water partition coefficient (Wildman–Crippen LogP) is 1.08. The molecule has 0 aromatic carbocycles. The SMILES string of the molecule is N#CCc1[nH]c(=O)c(O)cc1C(F)F. The Balaban J connectivity index is 3.33. The Morgan fingerprint density at radius 3 is 2.79 bits per heavy atom. The molecular formula is C8H6F2N2O2. The molecule has 0 saturated carbocycles. The van der Waals surface area contributed by atoms with Crippen molar-refractivity contribution in [1.29, 1.82) is 5.26 Å². The molecular weight excluding hydrogens is 194 g/mol.